The predicted octanol–water partition coefficient (Wildman–Crippen LogP) is 1.20. The molecule has 0 aliphatic carbocycles. The van der Waals surface area contributed by atoms with Crippen molar-refractivity contribution in [1.29, 1.82) is 0 Å². The third-order valence-electron chi connectivity index (χ3n) is 6.08. The summed E-state index contributed by atoms with van der Waals surface area (Å²) in [6.45, 7) is -0.255. The molecule has 0 saturated carbocycles. The highest BCUT2D eigenvalue weighted by atomic mass is 19.2. The molecule has 5 rings (SSSR count). The average molecular weight is 484 g/mol. The highest BCUT2D eigenvalue weighted by Gasteiger charge is 2.45. The Balaban J connectivity index is 1.36. The number of benzene rings is 2. The first-order chi connectivity index (χ1) is 16.8. The van der Waals surface area contributed by atoms with Gasteiger partial charge in [-0.1, -0.05) is 6.07 Å². The fraction of sp³-hybridized carbons (Fsp3) is 0.261. The maximum absolute atomic E-state index is 14.1. The SMILES string of the molecule is O=C1CCC(N2C(=O)c3cccc(NCC(=O)N4CCOc5c4ccc(F)c5F)c3C2=O)C(=O)N1. The number of hydrogen-bond donors (Lipinski definition) is 2. The van der Waals surface area contributed by atoms with Crippen LogP contribution in [0.2, 0.25) is 0 Å². The molecule has 3 aliphatic rings. The summed E-state index contributed by atoms with van der Waals surface area (Å²) in [6.07, 6.45) is 0.0138. The van der Waals surface area contributed by atoms with Gasteiger partial charge in [0.1, 0.15) is 12.6 Å². The Labute approximate surface area is 196 Å². The Hall–Kier alpha value is -4.35. The first-order valence-corrected chi connectivity index (χ1v) is 10.8. The third kappa shape index (κ3) is 3.66. The van der Waals surface area contributed by atoms with Gasteiger partial charge in [-0.05, 0) is 30.7 Å². The summed E-state index contributed by atoms with van der Waals surface area (Å²) in [5.74, 6) is -5.74. The van der Waals surface area contributed by atoms with Crippen molar-refractivity contribution in [3.63, 3.8) is 0 Å². The van der Waals surface area contributed by atoms with Gasteiger partial charge in [0.2, 0.25) is 23.5 Å². The van der Waals surface area contributed by atoms with E-state index in [1.165, 1.54) is 29.2 Å². The molecule has 2 N–H and O–H groups in total. The summed E-state index contributed by atoms with van der Waals surface area (Å²) in [5, 5.41) is 4.97. The largest absolute Gasteiger partial charge is 0.486 e. The number of carbonyl (C=O) groups excluding carboxylic acids is 5. The summed E-state index contributed by atoms with van der Waals surface area (Å²) in [5.41, 5.74) is 0.343. The minimum Gasteiger partial charge on any atom is -0.486 e. The average Bonchev–Trinajstić information content (AvgIpc) is 3.10. The van der Waals surface area contributed by atoms with Crippen molar-refractivity contribution in [3.8, 4) is 5.75 Å². The van der Waals surface area contributed by atoms with E-state index in [9.17, 15) is 32.8 Å². The number of anilines is 2. The Morgan fingerprint density at radius 3 is 2.69 bits per heavy atom. The van der Waals surface area contributed by atoms with Crippen LogP contribution in [-0.2, 0) is 14.4 Å². The third-order valence-corrected chi connectivity index (χ3v) is 6.08. The first kappa shape index (κ1) is 22.4. The topological polar surface area (TPSA) is 125 Å². The van der Waals surface area contributed by atoms with Crippen LogP contribution in [0.15, 0.2) is 30.3 Å². The van der Waals surface area contributed by atoms with Gasteiger partial charge in [0.25, 0.3) is 11.8 Å². The van der Waals surface area contributed by atoms with Crippen LogP contribution in [0, 0.1) is 11.6 Å². The molecule has 0 bridgehead atoms. The normalized spacial score (nSPS) is 19.2. The van der Waals surface area contributed by atoms with E-state index in [1.54, 1.807) is 0 Å². The van der Waals surface area contributed by atoms with Crippen LogP contribution in [0.5, 0.6) is 5.75 Å². The van der Waals surface area contributed by atoms with E-state index in [2.05, 4.69) is 10.6 Å². The van der Waals surface area contributed by atoms with E-state index in [1.807, 2.05) is 0 Å². The summed E-state index contributed by atoms with van der Waals surface area (Å²) in [7, 11) is 0. The van der Waals surface area contributed by atoms with Crippen LogP contribution >= 0.6 is 0 Å². The Morgan fingerprint density at radius 2 is 1.91 bits per heavy atom. The lowest BCUT2D eigenvalue weighted by atomic mass is 10.0. The van der Waals surface area contributed by atoms with E-state index >= 15 is 0 Å². The zero-order valence-corrected chi connectivity index (χ0v) is 18.1. The highest BCUT2D eigenvalue weighted by Crippen LogP contribution is 2.36. The van der Waals surface area contributed by atoms with Crippen LogP contribution in [0.25, 0.3) is 0 Å². The fourth-order valence-corrected chi connectivity index (χ4v) is 4.42. The van der Waals surface area contributed by atoms with Crippen LogP contribution in [0.1, 0.15) is 33.6 Å². The molecule has 35 heavy (non-hydrogen) atoms. The second-order valence-corrected chi connectivity index (χ2v) is 8.13. The molecule has 1 unspecified atom stereocenters. The molecule has 12 heteroatoms. The van der Waals surface area contributed by atoms with Crippen molar-refractivity contribution in [2.75, 3.05) is 29.9 Å². The van der Waals surface area contributed by atoms with Crippen molar-refractivity contribution in [3.05, 3.63) is 53.1 Å². The summed E-state index contributed by atoms with van der Waals surface area (Å²) in [4.78, 5) is 64.7. The van der Waals surface area contributed by atoms with Crippen molar-refractivity contribution >= 4 is 40.9 Å². The van der Waals surface area contributed by atoms with Gasteiger partial charge in [0.05, 0.1) is 29.9 Å². The number of fused-ring (bicyclic) bond motifs is 2. The number of nitrogens with zero attached hydrogens (tertiary/aromatic N) is 2. The minimum atomic E-state index is -1.19. The molecule has 1 atom stereocenters. The molecular weight excluding hydrogens is 466 g/mol. The second kappa shape index (κ2) is 8.46. The van der Waals surface area contributed by atoms with Crippen LogP contribution in [-0.4, -0.2) is 60.2 Å². The Morgan fingerprint density at radius 1 is 1.11 bits per heavy atom. The molecule has 0 radical (unpaired) electrons. The maximum Gasteiger partial charge on any atom is 0.264 e. The van der Waals surface area contributed by atoms with E-state index < -0.39 is 47.2 Å². The molecule has 3 aliphatic heterocycles. The number of amides is 5. The zero-order valence-electron chi connectivity index (χ0n) is 18.1. The van der Waals surface area contributed by atoms with Gasteiger partial charge in [0, 0.05) is 12.1 Å². The number of rotatable bonds is 4. The monoisotopic (exact) mass is 484 g/mol. The van der Waals surface area contributed by atoms with Crippen LogP contribution < -0.4 is 20.3 Å². The molecule has 2 aromatic rings. The lowest BCUT2D eigenvalue weighted by Gasteiger charge is -2.30. The standard InChI is InChI=1S/C23H18F2N4O6/c24-12-4-5-14-20(19(12)25)35-9-8-28(14)17(31)10-26-13-3-1-2-11-18(13)23(34)29(22(11)33)15-6-7-16(30)27-21(15)32/h1-5,15,26H,6-10H2,(H,27,30,32). The molecule has 1 fully saturated rings. The van der Waals surface area contributed by atoms with Crippen LogP contribution in [0.4, 0.5) is 20.2 Å². The van der Waals surface area contributed by atoms with Gasteiger partial charge >= 0.3 is 0 Å². The van der Waals surface area contributed by atoms with Gasteiger partial charge in [-0.3, -0.25) is 34.2 Å². The van der Waals surface area contributed by atoms with Crippen LogP contribution in [0.3, 0.4) is 0 Å². The number of imide groups is 2. The molecule has 1 saturated heterocycles. The first-order valence-electron chi connectivity index (χ1n) is 10.8. The summed E-state index contributed by atoms with van der Waals surface area (Å²) >= 11 is 0. The number of ether oxygens (including phenoxy) is 1. The molecule has 10 nitrogen and oxygen atoms in total. The molecule has 3 heterocycles. The fourth-order valence-electron chi connectivity index (χ4n) is 4.42. The highest BCUT2D eigenvalue weighted by molar-refractivity contribution is 6.25. The second-order valence-electron chi connectivity index (χ2n) is 8.13. The Bertz CT molecular complexity index is 1310. The number of carbonyl (C=O) groups is 5. The molecular formula is C23H18F2N4O6. The van der Waals surface area contributed by atoms with E-state index in [4.69, 9.17) is 4.74 Å². The quantitative estimate of drug-likeness (QED) is 0.625. The lowest BCUT2D eigenvalue weighted by molar-refractivity contribution is -0.136. The van der Waals surface area contributed by atoms with Crippen molar-refractivity contribution in [1.82, 2.24) is 10.2 Å². The molecule has 5 amide bonds. The zero-order chi connectivity index (χ0) is 24.9. The van der Waals surface area contributed by atoms with E-state index in [0.29, 0.717) is 0 Å². The Kier molecular flexibility index (Phi) is 5.42. The van der Waals surface area contributed by atoms with Crippen molar-refractivity contribution in [2.24, 2.45) is 0 Å². The van der Waals surface area contributed by atoms with Gasteiger partial charge in [0.15, 0.2) is 11.6 Å². The number of piperidine rings is 1. The molecule has 2 aromatic carbocycles. The number of halogens is 2. The minimum absolute atomic E-state index is 0.00502. The van der Waals surface area contributed by atoms with Crippen molar-refractivity contribution in [2.45, 2.75) is 18.9 Å². The smallest absolute Gasteiger partial charge is 0.264 e. The number of hydrogen-bond acceptors (Lipinski definition) is 7. The van der Waals surface area contributed by atoms with Gasteiger partial charge in [-0.2, -0.15) is 4.39 Å². The number of nitrogens with one attached hydrogen (secondary N) is 2. The lowest BCUT2D eigenvalue weighted by Crippen LogP contribution is -2.54. The van der Waals surface area contributed by atoms with E-state index in [-0.39, 0.29) is 60.8 Å². The van der Waals surface area contributed by atoms with Gasteiger partial charge in [-0.25, -0.2) is 4.39 Å². The molecule has 0 aromatic heterocycles. The predicted molar refractivity (Wildman–Crippen MR) is 116 cm³/mol. The molecule has 180 valence electrons. The maximum atomic E-state index is 14.1. The van der Waals surface area contributed by atoms with Gasteiger partial charge in [-0.15, -0.1) is 0 Å². The van der Waals surface area contributed by atoms with Crippen molar-refractivity contribution < 1.29 is 37.5 Å². The van der Waals surface area contributed by atoms with Gasteiger partial charge < -0.3 is 15.0 Å². The summed E-state index contributed by atoms with van der Waals surface area (Å²) < 4.78 is 32.8. The molecule has 0 spiro atoms. The summed E-state index contributed by atoms with van der Waals surface area (Å²) in [6, 6.07) is 5.49. The van der Waals surface area contributed by atoms with E-state index in [0.717, 1.165) is 11.0 Å².